The Bertz CT molecular complexity index is 886. The molecule has 0 unspecified atom stereocenters. The second-order valence-corrected chi connectivity index (χ2v) is 8.65. The van der Waals surface area contributed by atoms with Gasteiger partial charge in [0.15, 0.2) is 0 Å². The van der Waals surface area contributed by atoms with E-state index >= 15 is 0 Å². The van der Waals surface area contributed by atoms with Gasteiger partial charge in [-0.15, -0.1) is 0 Å². The van der Waals surface area contributed by atoms with Crippen molar-refractivity contribution >= 4 is 27.5 Å². The van der Waals surface area contributed by atoms with Crippen LogP contribution in [0.5, 0.6) is 11.5 Å². The average molecular weight is 427 g/mol. The number of hydrogen-bond acceptors (Lipinski definition) is 5. The molecule has 0 bridgehead atoms. The summed E-state index contributed by atoms with van der Waals surface area (Å²) in [5.41, 5.74) is 0. The van der Waals surface area contributed by atoms with Gasteiger partial charge in [0.25, 0.3) is 0 Å². The molecule has 2 aromatic rings. The number of amides is 1. The summed E-state index contributed by atoms with van der Waals surface area (Å²) in [6.07, 6.45) is 0. The van der Waals surface area contributed by atoms with Gasteiger partial charge in [-0.3, -0.25) is 4.79 Å². The molecule has 1 N–H and O–H groups in total. The molecule has 0 spiro atoms. The summed E-state index contributed by atoms with van der Waals surface area (Å²) in [7, 11) is -0.848. The fraction of sp³-hybridized carbons (Fsp3) is 0.316. The van der Waals surface area contributed by atoms with Gasteiger partial charge in [0, 0.05) is 12.1 Å². The Morgan fingerprint density at radius 1 is 1.11 bits per heavy atom. The zero-order chi connectivity index (χ0) is 20.7. The molecule has 0 saturated carbocycles. The molecule has 1 amide bonds. The molecule has 2 aromatic carbocycles. The third-order valence-corrected chi connectivity index (χ3v) is 5.92. The van der Waals surface area contributed by atoms with E-state index in [9.17, 15) is 13.2 Å². The van der Waals surface area contributed by atoms with Crippen LogP contribution in [0.3, 0.4) is 0 Å². The fourth-order valence-electron chi connectivity index (χ4n) is 2.33. The summed E-state index contributed by atoms with van der Waals surface area (Å²) >= 11 is 5.78. The minimum absolute atomic E-state index is 0.0723. The molecule has 152 valence electrons. The number of methoxy groups -OCH3 is 1. The smallest absolute Gasteiger partial charge is 0.243 e. The highest BCUT2D eigenvalue weighted by Crippen LogP contribution is 2.18. The number of likely N-dealkylation sites (N-methyl/N-ethyl adjacent to an activating group) is 1. The van der Waals surface area contributed by atoms with Gasteiger partial charge >= 0.3 is 0 Å². The topological polar surface area (TPSA) is 84.9 Å². The molecule has 1 atom stereocenters. The average Bonchev–Trinajstić information content (AvgIpc) is 2.67. The van der Waals surface area contributed by atoms with Crippen LogP contribution >= 0.6 is 11.6 Å². The molecule has 0 aliphatic carbocycles. The van der Waals surface area contributed by atoms with Crippen molar-refractivity contribution < 1.29 is 22.7 Å². The lowest BCUT2D eigenvalue weighted by Crippen LogP contribution is -2.43. The Kier molecular flexibility index (Phi) is 7.68. The molecular weight excluding hydrogens is 404 g/mol. The van der Waals surface area contributed by atoms with Gasteiger partial charge in [-0.1, -0.05) is 11.6 Å². The van der Waals surface area contributed by atoms with Crippen LogP contribution in [0.15, 0.2) is 53.4 Å². The first-order valence-electron chi connectivity index (χ1n) is 8.50. The van der Waals surface area contributed by atoms with Crippen molar-refractivity contribution in [2.24, 2.45) is 0 Å². The molecule has 0 aromatic heterocycles. The number of carbonyl (C=O) groups is 1. The van der Waals surface area contributed by atoms with Crippen molar-refractivity contribution in [3.63, 3.8) is 0 Å². The molecule has 0 saturated heterocycles. The van der Waals surface area contributed by atoms with E-state index in [1.807, 2.05) is 0 Å². The number of ether oxygens (including phenoxy) is 2. The molecule has 0 radical (unpaired) electrons. The van der Waals surface area contributed by atoms with Gasteiger partial charge in [-0.05, 0) is 55.5 Å². The largest absolute Gasteiger partial charge is 0.497 e. The lowest BCUT2D eigenvalue weighted by molar-refractivity contribution is -0.121. The number of hydrogen-bond donors (Lipinski definition) is 1. The number of nitrogens with one attached hydrogen (secondary N) is 1. The SMILES string of the molecule is COc1ccc(OC[C@H](C)NC(=O)CN(C)S(=O)(=O)c2ccc(Cl)cc2)cc1. The highest BCUT2D eigenvalue weighted by molar-refractivity contribution is 7.89. The number of sulfonamides is 1. The third-order valence-electron chi connectivity index (χ3n) is 3.85. The molecule has 0 fully saturated rings. The van der Waals surface area contributed by atoms with Crippen molar-refractivity contribution in [1.29, 1.82) is 0 Å². The van der Waals surface area contributed by atoms with Crippen molar-refractivity contribution in [1.82, 2.24) is 9.62 Å². The Balaban J connectivity index is 1.85. The fourth-order valence-corrected chi connectivity index (χ4v) is 3.58. The van der Waals surface area contributed by atoms with Crippen LogP contribution in [0, 0.1) is 0 Å². The Labute approximate surface area is 170 Å². The maximum atomic E-state index is 12.5. The number of halogens is 1. The van der Waals surface area contributed by atoms with E-state index in [1.54, 1.807) is 38.3 Å². The maximum absolute atomic E-state index is 12.5. The quantitative estimate of drug-likeness (QED) is 0.666. The predicted molar refractivity (Wildman–Crippen MR) is 107 cm³/mol. The highest BCUT2D eigenvalue weighted by atomic mass is 35.5. The van der Waals surface area contributed by atoms with Crippen molar-refractivity contribution in [2.75, 3.05) is 27.3 Å². The van der Waals surface area contributed by atoms with E-state index in [0.717, 1.165) is 10.1 Å². The van der Waals surface area contributed by atoms with Crippen LogP contribution in [0.25, 0.3) is 0 Å². The second-order valence-electron chi connectivity index (χ2n) is 6.17. The summed E-state index contributed by atoms with van der Waals surface area (Å²) in [6.45, 7) is 1.71. The van der Waals surface area contributed by atoms with Crippen LogP contribution in [-0.2, 0) is 14.8 Å². The molecule has 0 heterocycles. The van der Waals surface area contributed by atoms with E-state index < -0.39 is 15.9 Å². The lowest BCUT2D eigenvalue weighted by atomic mass is 10.3. The number of carbonyl (C=O) groups excluding carboxylic acids is 1. The molecule has 0 aliphatic rings. The van der Waals surface area contributed by atoms with E-state index in [0.29, 0.717) is 10.8 Å². The minimum Gasteiger partial charge on any atom is -0.497 e. The van der Waals surface area contributed by atoms with Gasteiger partial charge in [0.1, 0.15) is 18.1 Å². The second kappa shape index (κ2) is 9.77. The summed E-state index contributed by atoms with van der Waals surface area (Å²) in [5.74, 6) is 0.939. The molecule has 28 heavy (non-hydrogen) atoms. The molecule has 2 rings (SSSR count). The minimum atomic E-state index is -3.78. The number of rotatable bonds is 9. The van der Waals surface area contributed by atoms with E-state index in [4.69, 9.17) is 21.1 Å². The third kappa shape index (κ3) is 6.12. The van der Waals surface area contributed by atoms with Crippen molar-refractivity contribution in [2.45, 2.75) is 17.9 Å². The van der Waals surface area contributed by atoms with Crippen LogP contribution in [0.2, 0.25) is 5.02 Å². The number of nitrogens with zero attached hydrogens (tertiary/aromatic N) is 1. The summed E-state index contributed by atoms with van der Waals surface area (Å²) in [6, 6.07) is 12.5. The van der Waals surface area contributed by atoms with Gasteiger partial charge in [0.05, 0.1) is 24.6 Å². The summed E-state index contributed by atoms with van der Waals surface area (Å²) < 4.78 is 36.7. The highest BCUT2D eigenvalue weighted by Gasteiger charge is 2.23. The van der Waals surface area contributed by atoms with Gasteiger partial charge in [0.2, 0.25) is 15.9 Å². The van der Waals surface area contributed by atoms with Crippen molar-refractivity contribution in [3.8, 4) is 11.5 Å². The summed E-state index contributed by atoms with van der Waals surface area (Å²) in [5, 5.41) is 3.16. The first-order valence-corrected chi connectivity index (χ1v) is 10.3. The molecule has 9 heteroatoms. The normalized spacial score (nSPS) is 12.5. The van der Waals surface area contributed by atoms with Crippen molar-refractivity contribution in [3.05, 3.63) is 53.6 Å². The Morgan fingerprint density at radius 3 is 2.25 bits per heavy atom. The lowest BCUT2D eigenvalue weighted by Gasteiger charge is -2.19. The molecule has 7 nitrogen and oxygen atoms in total. The zero-order valence-corrected chi connectivity index (χ0v) is 17.5. The van der Waals surface area contributed by atoms with E-state index in [-0.39, 0.29) is 24.1 Å². The van der Waals surface area contributed by atoms with Gasteiger partial charge in [-0.2, -0.15) is 4.31 Å². The molecular formula is C19H23ClN2O5S. The van der Waals surface area contributed by atoms with Crippen LogP contribution in [-0.4, -0.2) is 52.0 Å². The first kappa shape index (κ1) is 22.0. The Morgan fingerprint density at radius 2 is 1.68 bits per heavy atom. The maximum Gasteiger partial charge on any atom is 0.243 e. The van der Waals surface area contributed by atoms with Crippen LogP contribution in [0.1, 0.15) is 6.92 Å². The molecule has 0 aliphatic heterocycles. The van der Waals surface area contributed by atoms with E-state index in [1.165, 1.54) is 31.3 Å². The predicted octanol–water partition coefficient (Wildman–Crippen LogP) is 2.55. The van der Waals surface area contributed by atoms with Gasteiger partial charge < -0.3 is 14.8 Å². The monoisotopic (exact) mass is 426 g/mol. The first-order chi connectivity index (χ1) is 13.2. The van der Waals surface area contributed by atoms with Gasteiger partial charge in [-0.25, -0.2) is 8.42 Å². The number of benzene rings is 2. The summed E-state index contributed by atoms with van der Waals surface area (Å²) in [4.78, 5) is 12.3. The zero-order valence-electron chi connectivity index (χ0n) is 15.9. The van der Waals surface area contributed by atoms with E-state index in [2.05, 4.69) is 5.32 Å². The standard InChI is InChI=1S/C19H23ClN2O5S/c1-14(13-27-17-8-6-16(26-3)7-9-17)21-19(23)12-22(2)28(24,25)18-10-4-15(20)5-11-18/h4-11,14H,12-13H2,1-3H3,(H,21,23)/t14-/m0/s1. The van der Waals surface area contributed by atoms with Crippen LogP contribution < -0.4 is 14.8 Å². The Hall–Kier alpha value is -2.29. The van der Waals surface area contributed by atoms with Crippen LogP contribution in [0.4, 0.5) is 0 Å².